The minimum absolute atomic E-state index is 0.318. The number of rotatable bonds is 3. The third-order valence-corrected chi connectivity index (χ3v) is 2.79. The molecule has 0 aromatic heterocycles. The molecule has 1 aliphatic rings. The van der Waals surface area contributed by atoms with Crippen molar-refractivity contribution >= 4 is 0 Å². The van der Waals surface area contributed by atoms with Crippen LogP contribution in [-0.4, -0.2) is 23.7 Å². The lowest BCUT2D eigenvalue weighted by atomic mass is 9.92. The zero-order chi connectivity index (χ0) is 13.3. The first-order chi connectivity index (χ1) is 8.37. The fourth-order valence-electron chi connectivity index (χ4n) is 2.04. The first-order valence-corrected chi connectivity index (χ1v) is 5.79. The zero-order valence-electron chi connectivity index (χ0n) is 10.3. The Labute approximate surface area is 104 Å². The molecule has 1 aliphatic heterocycles. The van der Waals surface area contributed by atoms with E-state index in [1.807, 2.05) is 13.8 Å². The van der Waals surface area contributed by atoms with Crippen molar-refractivity contribution in [1.29, 1.82) is 0 Å². The van der Waals surface area contributed by atoms with Crippen LogP contribution in [0.2, 0.25) is 0 Å². The summed E-state index contributed by atoms with van der Waals surface area (Å²) in [6, 6.07) is 4.75. The maximum atomic E-state index is 12.0. The van der Waals surface area contributed by atoms with E-state index in [9.17, 15) is 13.9 Å². The lowest BCUT2D eigenvalue weighted by Crippen LogP contribution is -2.34. The van der Waals surface area contributed by atoms with Crippen molar-refractivity contribution in [3.05, 3.63) is 23.8 Å². The molecule has 0 radical (unpaired) electrons. The number of aliphatic hydroxyl groups excluding tert-OH is 1. The largest absolute Gasteiger partial charge is 0.488 e. The van der Waals surface area contributed by atoms with Crippen molar-refractivity contribution in [2.45, 2.75) is 38.4 Å². The maximum absolute atomic E-state index is 12.0. The Morgan fingerprint density at radius 3 is 2.89 bits per heavy atom. The number of halogens is 2. The van der Waals surface area contributed by atoms with Crippen LogP contribution in [0.5, 0.6) is 11.5 Å². The van der Waals surface area contributed by atoms with Crippen molar-refractivity contribution in [2.24, 2.45) is 0 Å². The molecule has 0 fully saturated rings. The second-order valence-corrected chi connectivity index (χ2v) is 4.98. The van der Waals surface area contributed by atoms with E-state index in [2.05, 4.69) is 0 Å². The Balaban J connectivity index is 2.20. The second kappa shape index (κ2) is 4.72. The summed E-state index contributed by atoms with van der Waals surface area (Å²) < 4.78 is 34.7. The second-order valence-electron chi connectivity index (χ2n) is 4.98. The maximum Gasteiger partial charge on any atom is 0.272 e. The predicted octanol–water partition coefficient (Wildman–Crippen LogP) is 2.93. The van der Waals surface area contributed by atoms with E-state index in [1.54, 1.807) is 18.2 Å². The topological polar surface area (TPSA) is 38.7 Å². The summed E-state index contributed by atoms with van der Waals surface area (Å²) in [5, 5.41) is 9.97. The normalized spacial score (nSPS) is 21.3. The quantitative estimate of drug-likeness (QED) is 0.906. The van der Waals surface area contributed by atoms with Crippen molar-refractivity contribution < 1.29 is 23.4 Å². The van der Waals surface area contributed by atoms with Gasteiger partial charge in [-0.1, -0.05) is 0 Å². The Morgan fingerprint density at radius 2 is 2.22 bits per heavy atom. The third kappa shape index (κ3) is 2.90. The summed E-state index contributed by atoms with van der Waals surface area (Å²) in [6.45, 7) is 3.09. The molecule has 2 rings (SSSR count). The molecule has 3 nitrogen and oxygen atoms in total. The molecular weight excluding hydrogens is 242 g/mol. The van der Waals surface area contributed by atoms with Crippen LogP contribution in [0.15, 0.2) is 18.2 Å². The van der Waals surface area contributed by atoms with Gasteiger partial charge in [-0.05, 0) is 26.0 Å². The van der Waals surface area contributed by atoms with Gasteiger partial charge in [0.15, 0.2) is 0 Å². The molecule has 0 aliphatic carbocycles. The third-order valence-electron chi connectivity index (χ3n) is 2.79. The number of benzene rings is 1. The van der Waals surface area contributed by atoms with Gasteiger partial charge in [0.05, 0.1) is 6.10 Å². The zero-order valence-corrected chi connectivity index (χ0v) is 10.3. The molecule has 1 aromatic rings. The van der Waals surface area contributed by atoms with Gasteiger partial charge < -0.3 is 14.6 Å². The average molecular weight is 258 g/mol. The smallest absolute Gasteiger partial charge is 0.272 e. The lowest BCUT2D eigenvalue weighted by molar-refractivity contribution is 0.0110. The highest BCUT2D eigenvalue weighted by Crippen LogP contribution is 2.41. The number of hydrogen-bond acceptors (Lipinski definition) is 3. The number of hydrogen-bond donors (Lipinski definition) is 1. The van der Waals surface area contributed by atoms with Crippen LogP contribution in [-0.2, 0) is 0 Å². The van der Waals surface area contributed by atoms with Crippen LogP contribution in [0.4, 0.5) is 8.78 Å². The molecule has 0 saturated heterocycles. The molecule has 1 heterocycles. The van der Waals surface area contributed by atoms with Gasteiger partial charge in [-0.25, -0.2) is 8.78 Å². The van der Waals surface area contributed by atoms with E-state index in [0.29, 0.717) is 23.5 Å². The van der Waals surface area contributed by atoms with Crippen LogP contribution in [0.3, 0.4) is 0 Å². The number of alkyl halides is 2. The van der Waals surface area contributed by atoms with E-state index in [1.165, 1.54) is 0 Å². The lowest BCUT2D eigenvalue weighted by Gasteiger charge is -2.35. The number of aliphatic hydroxyl groups is 1. The van der Waals surface area contributed by atoms with Crippen LogP contribution >= 0.6 is 0 Å². The molecule has 0 spiro atoms. The Kier molecular flexibility index (Phi) is 3.43. The van der Waals surface area contributed by atoms with Gasteiger partial charge in [0.2, 0.25) is 0 Å². The summed E-state index contributed by atoms with van der Waals surface area (Å²) in [5.41, 5.74) is 0.187. The summed E-state index contributed by atoms with van der Waals surface area (Å²) >= 11 is 0. The molecule has 0 bridgehead atoms. The van der Waals surface area contributed by atoms with Crippen LogP contribution < -0.4 is 9.47 Å². The van der Waals surface area contributed by atoms with Crippen LogP contribution in [0.25, 0.3) is 0 Å². The first-order valence-electron chi connectivity index (χ1n) is 5.79. The highest BCUT2D eigenvalue weighted by molar-refractivity contribution is 5.43. The van der Waals surface area contributed by atoms with E-state index in [4.69, 9.17) is 9.47 Å². The van der Waals surface area contributed by atoms with Gasteiger partial charge in [0, 0.05) is 18.1 Å². The van der Waals surface area contributed by atoms with Gasteiger partial charge in [-0.15, -0.1) is 0 Å². The molecule has 0 saturated carbocycles. The fraction of sp³-hybridized carbons (Fsp3) is 0.538. The van der Waals surface area contributed by atoms with Crippen molar-refractivity contribution in [3.8, 4) is 11.5 Å². The summed E-state index contributed by atoms with van der Waals surface area (Å²) in [6.07, 6.45) is -2.62. The minimum atomic E-state index is -2.51. The van der Waals surface area contributed by atoms with Gasteiger partial charge in [0.25, 0.3) is 6.43 Å². The molecule has 1 atom stereocenters. The fourth-order valence-corrected chi connectivity index (χ4v) is 2.04. The average Bonchev–Trinajstić information content (AvgIpc) is 2.24. The van der Waals surface area contributed by atoms with Crippen molar-refractivity contribution in [3.63, 3.8) is 0 Å². The van der Waals surface area contributed by atoms with Gasteiger partial charge in [-0.2, -0.15) is 0 Å². The SMILES string of the molecule is CC1(C)CC(O)c2ccc(OCC(F)F)cc2O1. The summed E-state index contributed by atoms with van der Waals surface area (Å²) in [4.78, 5) is 0. The predicted molar refractivity (Wildman–Crippen MR) is 62.2 cm³/mol. The monoisotopic (exact) mass is 258 g/mol. The van der Waals surface area contributed by atoms with Gasteiger partial charge >= 0.3 is 0 Å². The Bertz CT molecular complexity index is 432. The van der Waals surface area contributed by atoms with Crippen molar-refractivity contribution in [1.82, 2.24) is 0 Å². The minimum Gasteiger partial charge on any atom is -0.488 e. The molecule has 1 aromatic carbocycles. The Morgan fingerprint density at radius 1 is 1.50 bits per heavy atom. The van der Waals surface area contributed by atoms with E-state index in [0.717, 1.165) is 0 Å². The summed E-state index contributed by atoms with van der Waals surface area (Å²) in [7, 11) is 0. The van der Waals surface area contributed by atoms with Crippen molar-refractivity contribution in [2.75, 3.05) is 6.61 Å². The highest BCUT2D eigenvalue weighted by atomic mass is 19.3. The first kappa shape index (κ1) is 13.1. The highest BCUT2D eigenvalue weighted by Gasteiger charge is 2.32. The number of fused-ring (bicyclic) bond motifs is 1. The molecular formula is C13H16F2O3. The Hall–Kier alpha value is -1.36. The van der Waals surface area contributed by atoms with Crippen LogP contribution in [0.1, 0.15) is 31.9 Å². The molecule has 18 heavy (non-hydrogen) atoms. The van der Waals surface area contributed by atoms with E-state index < -0.39 is 24.7 Å². The summed E-state index contributed by atoms with van der Waals surface area (Å²) in [5.74, 6) is 0.810. The molecule has 5 heteroatoms. The molecule has 1 unspecified atom stereocenters. The number of ether oxygens (including phenoxy) is 2. The van der Waals surface area contributed by atoms with E-state index in [-0.39, 0.29) is 0 Å². The molecule has 100 valence electrons. The van der Waals surface area contributed by atoms with E-state index >= 15 is 0 Å². The molecule has 1 N–H and O–H groups in total. The van der Waals surface area contributed by atoms with Gasteiger partial charge in [0.1, 0.15) is 23.7 Å². The van der Waals surface area contributed by atoms with Crippen LogP contribution in [0, 0.1) is 0 Å². The van der Waals surface area contributed by atoms with Gasteiger partial charge in [-0.3, -0.25) is 0 Å². The molecule has 0 amide bonds. The standard InChI is InChI=1S/C13H16F2O3/c1-13(2)6-10(16)9-4-3-8(5-11(9)18-13)17-7-12(14)15/h3-5,10,12,16H,6-7H2,1-2H3.